The second-order valence-electron chi connectivity index (χ2n) is 5.50. The number of imidazole rings is 1. The maximum atomic E-state index is 12.8. The Morgan fingerprint density at radius 3 is 2.95 bits per heavy atom. The molecule has 0 saturated carbocycles. The summed E-state index contributed by atoms with van der Waals surface area (Å²) < 4.78 is 35.8. The van der Waals surface area contributed by atoms with Gasteiger partial charge in [0.05, 0.1) is 18.8 Å². The minimum Gasteiger partial charge on any atom is -0.468 e. The average Bonchev–Trinajstić information content (AvgIpc) is 3.18. The highest BCUT2D eigenvalue weighted by molar-refractivity contribution is 7.86. The maximum Gasteiger partial charge on any atom is 0.282 e. The third-order valence-electron chi connectivity index (χ3n) is 4.05. The van der Waals surface area contributed by atoms with Crippen molar-refractivity contribution in [2.24, 2.45) is 7.05 Å². The molecular weight excluding hydrogens is 304 g/mol. The number of nitrogens with zero attached hydrogens (tertiary/aromatic N) is 4. The number of furan rings is 1. The average molecular weight is 324 g/mol. The minimum atomic E-state index is -3.55. The first-order valence-electron chi connectivity index (χ1n) is 7.23. The van der Waals surface area contributed by atoms with Crippen LogP contribution in [0, 0.1) is 0 Å². The first-order valence-corrected chi connectivity index (χ1v) is 8.62. The largest absolute Gasteiger partial charge is 0.468 e. The Balaban J connectivity index is 1.81. The molecule has 0 bridgehead atoms. The normalized spacial score (nSPS) is 20.0. The molecule has 1 aliphatic heterocycles. The van der Waals surface area contributed by atoms with Gasteiger partial charge in [-0.25, -0.2) is 4.98 Å². The van der Waals surface area contributed by atoms with E-state index in [1.807, 2.05) is 17.7 Å². The van der Waals surface area contributed by atoms with Crippen LogP contribution in [0.3, 0.4) is 0 Å². The molecule has 0 N–H and O–H groups in total. The van der Waals surface area contributed by atoms with E-state index in [-0.39, 0.29) is 12.6 Å². The lowest BCUT2D eigenvalue weighted by molar-refractivity contribution is 0.309. The molecule has 8 heteroatoms. The van der Waals surface area contributed by atoms with Crippen LogP contribution in [0.2, 0.25) is 0 Å². The zero-order valence-electron chi connectivity index (χ0n) is 12.7. The zero-order valence-corrected chi connectivity index (χ0v) is 13.5. The van der Waals surface area contributed by atoms with Crippen molar-refractivity contribution >= 4 is 10.2 Å². The summed E-state index contributed by atoms with van der Waals surface area (Å²) >= 11 is 0. The van der Waals surface area contributed by atoms with E-state index >= 15 is 0 Å². The fourth-order valence-electron chi connectivity index (χ4n) is 2.79. The molecule has 3 heterocycles. The summed E-state index contributed by atoms with van der Waals surface area (Å²) in [5.41, 5.74) is 0. The summed E-state index contributed by atoms with van der Waals surface area (Å²) in [5.74, 6) is 1.41. The fourth-order valence-corrected chi connectivity index (χ4v) is 4.32. The highest BCUT2D eigenvalue weighted by atomic mass is 32.2. The van der Waals surface area contributed by atoms with Gasteiger partial charge >= 0.3 is 0 Å². The smallest absolute Gasteiger partial charge is 0.282 e. The van der Waals surface area contributed by atoms with Gasteiger partial charge in [0.1, 0.15) is 11.6 Å². The maximum absolute atomic E-state index is 12.8. The molecule has 1 fully saturated rings. The highest BCUT2D eigenvalue weighted by Crippen LogP contribution is 2.35. The number of rotatable bonds is 5. The SMILES string of the molecule is CN(Cc1nccn1C)S(=O)(=O)N1CCC[C@H]1c1ccco1. The van der Waals surface area contributed by atoms with Crippen molar-refractivity contribution < 1.29 is 12.8 Å². The van der Waals surface area contributed by atoms with E-state index in [1.54, 1.807) is 31.8 Å². The van der Waals surface area contributed by atoms with Crippen LogP contribution >= 0.6 is 0 Å². The molecule has 2 aromatic heterocycles. The molecule has 120 valence electrons. The molecule has 2 aromatic rings. The van der Waals surface area contributed by atoms with Crippen molar-refractivity contribution in [1.29, 1.82) is 0 Å². The van der Waals surface area contributed by atoms with E-state index in [0.717, 1.165) is 12.8 Å². The molecule has 7 nitrogen and oxygen atoms in total. The van der Waals surface area contributed by atoms with Gasteiger partial charge in [0.25, 0.3) is 10.2 Å². The Labute approximate surface area is 130 Å². The van der Waals surface area contributed by atoms with Gasteiger partial charge in [0.15, 0.2) is 0 Å². The third-order valence-corrected chi connectivity index (χ3v) is 6.00. The van der Waals surface area contributed by atoms with Gasteiger partial charge in [0.2, 0.25) is 0 Å². The van der Waals surface area contributed by atoms with Crippen LogP contribution in [0.25, 0.3) is 0 Å². The second kappa shape index (κ2) is 5.86. The quantitative estimate of drug-likeness (QED) is 0.836. The number of aryl methyl sites for hydroxylation is 1. The van der Waals surface area contributed by atoms with Gasteiger partial charge in [-0.15, -0.1) is 0 Å². The first kappa shape index (κ1) is 15.3. The minimum absolute atomic E-state index is 0.219. The lowest BCUT2D eigenvalue weighted by Crippen LogP contribution is -2.41. The van der Waals surface area contributed by atoms with Gasteiger partial charge in [-0.05, 0) is 25.0 Å². The van der Waals surface area contributed by atoms with Crippen molar-refractivity contribution in [3.8, 4) is 0 Å². The van der Waals surface area contributed by atoms with Crippen LogP contribution < -0.4 is 0 Å². The monoisotopic (exact) mass is 324 g/mol. The van der Waals surface area contributed by atoms with Crippen molar-refractivity contribution in [2.75, 3.05) is 13.6 Å². The highest BCUT2D eigenvalue weighted by Gasteiger charge is 2.39. The Morgan fingerprint density at radius 1 is 1.50 bits per heavy atom. The standard InChI is InChI=1S/C14H20N4O3S/c1-16-9-7-15-14(16)11-17(2)22(19,20)18-8-3-5-12(18)13-6-4-10-21-13/h4,6-7,9-10,12H,3,5,8,11H2,1-2H3/t12-/m0/s1. The topological polar surface area (TPSA) is 71.6 Å². The molecule has 3 rings (SSSR count). The molecule has 1 aliphatic rings. The molecule has 0 radical (unpaired) electrons. The Hall–Kier alpha value is -1.64. The predicted molar refractivity (Wildman–Crippen MR) is 81.0 cm³/mol. The van der Waals surface area contributed by atoms with E-state index in [2.05, 4.69) is 4.98 Å². The summed E-state index contributed by atoms with van der Waals surface area (Å²) in [6.45, 7) is 0.756. The molecule has 0 spiro atoms. The number of hydrogen-bond donors (Lipinski definition) is 0. The van der Waals surface area contributed by atoms with Crippen LogP contribution in [0.5, 0.6) is 0 Å². The van der Waals surface area contributed by atoms with Gasteiger partial charge in [-0.1, -0.05) is 0 Å². The van der Waals surface area contributed by atoms with Crippen LogP contribution in [-0.4, -0.2) is 40.2 Å². The third kappa shape index (κ3) is 2.69. The van der Waals surface area contributed by atoms with Crippen LogP contribution in [-0.2, 0) is 23.8 Å². The van der Waals surface area contributed by atoms with Gasteiger partial charge in [-0.3, -0.25) is 0 Å². The van der Waals surface area contributed by atoms with E-state index in [9.17, 15) is 8.42 Å². The molecule has 1 atom stereocenters. The molecule has 22 heavy (non-hydrogen) atoms. The second-order valence-corrected chi connectivity index (χ2v) is 7.49. The van der Waals surface area contributed by atoms with E-state index in [4.69, 9.17) is 4.42 Å². The van der Waals surface area contributed by atoms with Crippen molar-refractivity contribution in [3.63, 3.8) is 0 Å². The molecule has 0 aliphatic carbocycles. The fraction of sp³-hybridized carbons (Fsp3) is 0.500. The Kier molecular flexibility index (Phi) is 4.07. The Bertz CT molecular complexity index is 723. The van der Waals surface area contributed by atoms with E-state index in [0.29, 0.717) is 18.1 Å². The van der Waals surface area contributed by atoms with Crippen molar-refractivity contribution in [2.45, 2.75) is 25.4 Å². The van der Waals surface area contributed by atoms with Gasteiger partial charge in [-0.2, -0.15) is 17.0 Å². The summed E-state index contributed by atoms with van der Waals surface area (Å²) in [6, 6.07) is 3.40. The van der Waals surface area contributed by atoms with Gasteiger partial charge in [0, 0.05) is 33.0 Å². The molecule has 1 saturated heterocycles. The van der Waals surface area contributed by atoms with Gasteiger partial charge < -0.3 is 8.98 Å². The number of hydrogen-bond acceptors (Lipinski definition) is 4. The lowest BCUT2D eigenvalue weighted by atomic mass is 10.2. The van der Waals surface area contributed by atoms with Crippen molar-refractivity contribution in [1.82, 2.24) is 18.2 Å². The first-order chi connectivity index (χ1) is 10.5. The zero-order chi connectivity index (χ0) is 15.7. The molecular formula is C14H20N4O3S. The molecule has 0 aromatic carbocycles. The summed E-state index contributed by atoms with van der Waals surface area (Å²) in [7, 11) is -0.117. The summed E-state index contributed by atoms with van der Waals surface area (Å²) in [4.78, 5) is 4.18. The number of aromatic nitrogens is 2. The summed E-state index contributed by atoms with van der Waals surface area (Å²) in [5, 5.41) is 0. The van der Waals surface area contributed by atoms with Crippen LogP contribution in [0.1, 0.15) is 30.5 Å². The van der Waals surface area contributed by atoms with Crippen molar-refractivity contribution in [3.05, 3.63) is 42.4 Å². The van der Waals surface area contributed by atoms with E-state index < -0.39 is 10.2 Å². The Morgan fingerprint density at radius 2 is 2.32 bits per heavy atom. The molecule has 0 amide bonds. The lowest BCUT2D eigenvalue weighted by Gasteiger charge is -2.27. The molecule has 0 unspecified atom stereocenters. The summed E-state index contributed by atoms with van der Waals surface area (Å²) in [6.07, 6.45) is 6.66. The predicted octanol–water partition coefficient (Wildman–Crippen LogP) is 1.53. The van der Waals surface area contributed by atoms with E-state index in [1.165, 1.54) is 8.61 Å². The van der Waals surface area contributed by atoms with Crippen LogP contribution in [0.4, 0.5) is 0 Å². The van der Waals surface area contributed by atoms with Crippen LogP contribution in [0.15, 0.2) is 35.2 Å².